The van der Waals surface area contributed by atoms with Gasteiger partial charge in [-0.2, -0.15) is 5.10 Å². The van der Waals surface area contributed by atoms with E-state index in [0.29, 0.717) is 11.7 Å². The summed E-state index contributed by atoms with van der Waals surface area (Å²) in [5.74, 6) is 0. The summed E-state index contributed by atoms with van der Waals surface area (Å²) in [5, 5.41) is 7.63. The molecule has 0 amide bonds. The first-order valence-corrected chi connectivity index (χ1v) is 6.18. The van der Waals surface area contributed by atoms with E-state index in [9.17, 15) is 0 Å². The molecule has 0 fully saturated rings. The van der Waals surface area contributed by atoms with Crippen molar-refractivity contribution in [3.63, 3.8) is 0 Å². The van der Waals surface area contributed by atoms with Crippen LogP contribution in [-0.2, 0) is 4.74 Å². The minimum atomic E-state index is 0.157. The standard InChI is InChI=1S/C13H19N3OS/c1-10-5-4-6-12(7-10)8-14-16-13(18)15-11(2)9-17-3/h4-8,11H,9H2,1-3H3,(H2,15,16,18)/b14-8-/t11-/m1/s1. The first kappa shape index (κ1) is 14.6. The van der Waals surface area contributed by atoms with Crippen molar-refractivity contribution in [2.24, 2.45) is 5.10 Å². The molecule has 0 saturated heterocycles. The lowest BCUT2D eigenvalue weighted by Gasteiger charge is -2.13. The molecule has 0 radical (unpaired) electrons. The number of benzene rings is 1. The van der Waals surface area contributed by atoms with E-state index in [2.05, 4.69) is 21.9 Å². The number of ether oxygens (including phenoxy) is 1. The molecule has 4 nitrogen and oxygen atoms in total. The van der Waals surface area contributed by atoms with Crippen molar-refractivity contribution >= 4 is 23.5 Å². The van der Waals surface area contributed by atoms with E-state index in [1.165, 1.54) is 5.56 Å². The van der Waals surface area contributed by atoms with E-state index in [0.717, 1.165) is 5.56 Å². The lowest BCUT2D eigenvalue weighted by atomic mass is 10.2. The van der Waals surface area contributed by atoms with Crippen LogP contribution in [0, 0.1) is 6.92 Å². The van der Waals surface area contributed by atoms with Gasteiger partial charge in [-0.1, -0.05) is 29.8 Å². The summed E-state index contributed by atoms with van der Waals surface area (Å²) < 4.78 is 5.00. The first-order chi connectivity index (χ1) is 8.61. The third kappa shape index (κ3) is 5.75. The van der Waals surface area contributed by atoms with Crippen LogP contribution in [0.15, 0.2) is 29.4 Å². The van der Waals surface area contributed by atoms with E-state index >= 15 is 0 Å². The molecule has 0 unspecified atom stereocenters. The Morgan fingerprint density at radius 3 is 3.00 bits per heavy atom. The fourth-order valence-corrected chi connectivity index (χ4v) is 1.72. The first-order valence-electron chi connectivity index (χ1n) is 5.77. The van der Waals surface area contributed by atoms with Gasteiger partial charge in [-0.3, -0.25) is 5.43 Å². The number of nitrogens with zero attached hydrogens (tertiary/aromatic N) is 1. The summed E-state index contributed by atoms with van der Waals surface area (Å²) >= 11 is 5.09. The van der Waals surface area contributed by atoms with Crippen LogP contribution >= 0.6 is 12.2 Å². The van der Waals surface area contributed by atoms with Crippen LogP contribution in [0.25, 0.3) is 0 Å². The van der Waals surface area contributed by atoms with Gasteiger partial charge < -0.3 is 10.1 Å². The molecule has 18 heavy (non-hydrogen) atoms. The molecular formula is C13H19N3OS. The Morgan fingerprint density at radius 1 is 1.56 bits per heavy atom. The highest BCUT2D eigenvalue weighted by molar-refractivity contribution is 7.80. The van der Waals surface area contributed by atoms with Crippen LogP contribution < -0.4 is 10.7 Å². The molecule has 5 heteroatoms. The second-order valence-electron chi connectivity index (χ2n) is 4.11. The molecule has 0 aliphatic carbocycles. The van der Waals surface area contributed by atoms with Crippen molar-refractivity contribution < 1.29 is 4.74 Å². The third-order valence-corrected chi connectivity index (χ3v) is 2.43. The second-order valence-corrected chi connectivity index (χ2v) is 4.52. The van der Waals surface area contributed by atoms with Crippen LogP contribution in [0.1, 0.15) is 18.1 Å². The van der Waals surface area contributed by atoms with Gasteiger partial charge in [0.25, 0.3) is 0 Å². The normalized spacial score (nSPS) is 12.4. The van der Waals surface area contributed by atoms with Crippen molar-refractivity contribution in [3.05, 3.63) is 35.4 Å². The lowest BCUT2D eigenvalue weighted by Crippen LogP contribution is -2.40. The molecule has 1 rings (SSSR count). The summed E-state index contributed by atoms with van der Waals surface area (Å²) in [6.07, 6.45) is 1.74. The van der Waals surface area contributed by atoms with Crippen molar-refractivity contribution in [1.29, 1.82) is 0 Å². The van der Waals surface area contributed by atoms with Gasteiger partial charge in [0, 0.05) is 13.2 Å². The van der Waals surface area contributed by atoms with E-state index in [1.807, 2.05) is 32.0 Å². The number of rotatable bonds is 5. The number of aryl methyl sites for hydroxylation is 1. The minimum Gasteiger partial charge on any atom is -0.383 e. The maximum absolute atomic E-state index is 5.09. The van der Waals surface area contributed by atoms with Crippen molar-refractivity contribution in [1.82, 2.24) is 10.7 Å². The molecule has 0 saturated carbocycles. The van der Waals surface area contributed by atoms with Crippen LogP contribution in [0.3, 0.4) is 0 Å². The van der Waals surface area contributed by atoms with Gasteiger partial charge in [-0.15, -0.1) is 0 Å². The maximum atomic E-state index is 5.09. The SMILES string of the molecule is COC[C@@H](C)NC(=S)N/N=C\c1cccc(C)c1. The Bertz CT molecular complexity index is 420. The van der Waals surface area contributed by atoms with Crippen LogP contribution in [0.5, 0.6) is 0 Å². The zero-order valence-electron chi connectivity index (χ0n) is 10.9. The molecule has 1 aromatic carbocycles. The molecule has 2 N–H and O–H groups in total. The van der Waals surface area contributed by atoms with Crippen LogP contribution in [0.4, 0.5) is 0 Å². The van der Waals surface area contributed by atoms with Crippen LogP contribution in [0.2, 0.25) is 0 Å². The van der Waals surface area contributed by atoms with Crippen molar-refractivity contribution in [2.45, 2.75) is 19.9 Å². The fraction of sp³-hybridized carbons (Fsp3) is 0.385. The van der Waals surface area contributed by atoms with E-state index in [-0.39, 0.29) is 6.04 Å². The summed E-state index contributed by atoms with van der Waals surface area (Å²) in [6.45, 7) is 4.63. The number of thiocarbonyl (C=S) groups is 1. The molecule has 0 aromatic heterocycles. The lowest BCUT2D eigenvalue weighted by molar-refractivity contribution is 0.179. The molecule has 0 spiro atoms. The van der Waals surface area contributed by atoms with Crippen molar-refractivity contribution in [2.75, 3.05) is 13.7 Å². The number of hydrazone groups is 1. The average molecular weight is 265 g/mol. The highest BCUT2D eigenvalue weighted by Crippen LogP contribution is 2.00. The number of hydrogen-bond acceptors (Lipinski definition) is 3. The van der Waals surface area contributed by atoms with Gasteiger partial charge in [0.05, 0.1) is 12.8 Å². The highest BCUT2D eigenvalue weighted by atomic mass is 32.1. The Kier molecular flexibility index (Phi) is 6.32. The zero-order valence-corrected chi connectivity index (χ0v) is 11.8. The largest absolute Gasteiger partial charge is 0.383 e. The zero-order chi connectivity index (χ0) is 13.4. The van der Waals surface area contributed by atoms with Gasteiger partial charge >= 0.3 is 0 Å². The number of methoxy groups -OCH3 is 1. The second kappa shape index (κ2) is 7.79. The Balaban J connectivity index is 2.38. The molecular weight excluding hydrogens is 246 g/mol. The molecule has 0 aliphatic heterocycles. The van der Waals surface area contributed by atoms with Crippen molar-refractivity contribution in [3.8, 4) is 0 Å². The Morgan fingerprint density at radius 2 is 2.33 bits per heavy atom. The monoisotopic (exact) mass is 265 g/mol. The molecule has 0 aliphatic rings. The summed E-state index contributed by atoms with van der Waals surface area (Å²) in [6, 6.07) is 8.23. The Hall–Kier alpha value is -1.46. The molecule has 1 atom stereocenters. The van der Waals surface area contributed by atoms with Crippen LogP contribution in [-0.4, -0.2) is 31.1 Å². The molecule has 98 valence electrons. The average Bonchev–Trinajstić information content (AvgIpc) is 2.29. The predicted molar refractivity (Wildman–Crippen MR) is 79.0 cm³/mol. The summed E-state index contributed by atoms with van der Waals surface area (Å²) in [4.78, 5) is 0. The third-order valence-electron chi connectivity index (χ3n) is 2.22. The van der Waals surface area contributed by atoms with Gasteiger partial charge in [0.15, 0.2) is 5.11 Å². The number of nitrogens with one attached hydrogen (secondary N) is 2. The maximum Gasteiger partial charge on any atom is 0.187 e. The van der Waals surface area contributed by atoms with E-state index < -0.39 is 0 Å². The fourth-order valence-electron chi connectivity index (χ4n) is 1.46. The highest BCUT2D eigenvalue weighted by Gasteiger charge is 2.01. The smallest absolute Gasteiger partial charge is 0.187 e. The molecule has 0 heterocycles. The van der Waals surface area contributed by atoms with Gasteiger partial charge in [-0.25, -0.2) is 0 Å². The summed E-state index contributed by atoms with van der Waals surface area (Å²) in [7, 11) is 1.66. The predicted octanol–water partition coefficient (Wildman–Crippen LogP) is 1.83. The Labute approximate surface area is 113 Å². The van der Waals surface area contributed by atoms with E-state index in [4.69, 9.17) is 17.0 Å². The quantitative estimate of drug-likeness (QED) is 0.484. The topological polar surface area (TPSA) is 45.6 Å². The van der Waals surface area contributed by atoms with E-state index in [1.54, 1.807) is 13.3 Å². The molecule has 1 aromatic rings. The number of hydrogen-bond donors (Lipinski definition) is 2. The summed E-state index contributed by atoms with van der Waals surface area (Å²) in [5.41, 5.74) is 5.01. The minimum absolute atomic E-state index is 0.157. The van der Waals surface area contributed by atoms with Gasteiger partial charge in [0.2, 0.25) is 0 Å². The molecule has 0 bridgehead atoms. The van der Waals surface area contributed by atoms with Gasteiger partial charge in [-0.05, 0) is 31.6 Å². The van der Waals surface area contributed by atoms with Gasteiger partial charge in [0.1, 0.15) is 0 Å².